The number of furan rings is 1. The Hall–Kier alpha value is -0.320. The number of rotatable bonds is 3. The first-order chi connectivity index (χ1) is 6.06. The number of hydrogen-bond donors (Lipinski definition) is 2. The van der Waals surface area contributed by atoms with Gasteiger partial charge in [-0.25, -0.2) is 0 Å². The molecule has 0 aliphatic heterocycles. The topological polar surface area (TPSA) is 51.2 Å². The van der Waals surface area contributed by atoms with Gasteiger partial charge in [0.2, 0.25) is 0 Å². The van der Waals surface area contributed by atoms with Crippen molar-refractivity contribution in [3.8, 4) is 0 Å². The number of nitrogens with two attached hydrogens (primary N) is 1. The van der Waals surface area contributed by atoms with Crippen molar-refractivity contribution in [2.24, 2.45) is 11.8 Å². The average molecular weight is 247 g/mol. The van der Waals surface area contributed by atoms with E-state index >= 15 is 0 Å². The molecular weight excluding hydrogens is 232 g/mol. The van der Waals surface area contributed by atoms with Gasteiger partial charge in [0.05, 0.1) is 6.04 Å². The van der Waals surface area contributed by atoms with Crippen LogP contribution in [-0.2, 0) is 0 Å². The first-order valence-electron chi connectivity index (χ1n) is 4.28. The molecule has 0 saturated heterocycles. The molecule has 1 heterocycles. The second-order valence-electron chi connectivity index (χ2n) is 3.45. The van der Waals surface area contributed by atoms with Crippen molar-refractivity contribution in [2.75, 3.05) is 0 Å². The molecule has 1 atom stereocenters. The van der Waals surface area contributed by atoms with E-state index in [1.54, 1.807) is 0 Å². The Morgan fingerprint density at radius 2 is 2.15 bits per heavy atom. The number of hydrazine groups is 1. The van der Waals surface area contributed by atoms with Crippen LogP contribution in [0.2, 0.25) is 0 Å². The first-order valence-corrected chi connectivity index (χ1v) is 5.07. The van der Waals surface area contributed by atoms with Crippen molar-refractivity contribution in [3.63, 3.8) is 0 Å². The minimum absolute atomic E-state index is 0.148. The highest BCUT2D eigenvalue weighted by atomic mass is 79.9. The third kappa shape index (κ3) is 2.33. The second kappa shape index (κ2) is 4.26. The molecule has 0 fully saturated rings. The fourth-order valence-electron chi connectivity index (χ4n) is 1.41. The van der Waals surface area contributed by atoms with Crippen molar-refractivity contribution in [3.05, 3.63) is 22.1 Å². The maximum absolute atomic E-state index is 5.48. The Bertz CT molecular complexity index is 283. The molecule has 1 unspecified atom stereocenters. The quantitative estimate of drug-likeness (QED) is 0.637. The van der Waals surface area contributed by atoms with Gasteiger partial charge in [0.15, 0.2) is 4.67 Å². The van der Waals surface area contributed by atoms with Gasteiger partial charge >= 0.3 is 0 Å². The van der Waals surface area contributed by atoms with Crippen molar-refractivity contribution in [1.29, 1.82) is 0 Å². The molecule has 3 nitrogen and oxygen atoms in total. The fraction of sp³-hybridized carbons (Fsp3) is 0.556. The van der Waals surface area contributed by atoms with Gasteiger partial charge in [0.1, 0.15) is 5.76 Å². The lowest BCUT2D eigenvalue weighted by molar-refractivity contribution is 0.410. The lowest BCUT2D eigenvalue weighted by Gasteiger charge is -2.18. The van der Waals surface area contributed by atoms with Crippen molar-refractivity contribution < 1.29 is 4.42 Å². The smallest absolute Gasteiger partial charge is 0.169 e. The average Bonchev–Trinajstić information content (AvgIpc) is 2.31. The van der Waals surface area contributed by atoms with E-state index in [0.717, 1.165) is 16.0 Å². The zero-order valence-electron chi connectivity index (χ0n) is 8.10. The van der Waals surface area contributed by atoms with Gasteiger partial charge in [-0.3, -0.25) is 11.3 Å². The SMILES string of the molecule is Cc1oc(Br)cc1C(NN)C(C)C. The summed E-state index contributed by atoms with van der Waals surface area (Å²) >= 11 is 3.29. The minimum Gasteiger partial charge on any atom is -0.454 e. The first kappa shape index (κ1) is 10.8. The van der Waals surface area contributed by atoms with Crippen molar-refractivity contribution in [2.45, 2.75) is 26.8 Å². The molecule has 3 N–H and O–H groups in total. The van der Waals surface area contributed by atoms with E-state index in [-0.39, 0.29) is 6.04 Å². The number of hydrogen-bond acceptors (Lipinski definition) is 3. The summed E-state index contributed by atoms with van der Waals surface area (Å²) in [5, 5.41) is 0. The molecule has 0 aliphatic carbocycles. The van der Waals surface area contributed by atoms with Gasteiger partial charge in [0, 0.05) is 5.56 Å². The second-order valence-corrected chi connectivity index (χ2v) is 4.23. The Morgan fingerprint density at radius 3 is 2.46 bits per heavy atom. The third-order valence-electron chi connectivity index (χ3n) is 2.11. The maximum Gasteiger partial charge on any atom is 0.169 e. The van der Waals surface area contributed by atoms with Crippen LogP contribution in [0.25, 0.3) is 0 Å². The van der Waals surface area contributed by atoms with E-state index in [9.17, 15) is 0 Å². The molecule has 13 heavy (non-hydrogen) atoms. The molecule has 74 valence electrons. The van der Waals surface area contributed by atoms with Gasteiger partial charge in [-0.05, 0) is 34.8 Å². The van der Waals surface area contributed by atoms with Gasteiger partial charge in [-0.1, -0.05) is 13.8 Å². The highest BCUT2D eigenvalue weighted by molar-refractivity contribution is 9.10. The summed E-state index contributed by atoms with van der Waals surface area (Å²) in [5.41, 5.74) is 3.91. The molecule has 0 spiro atoms. The molecule has 4 heteroatoms. The third-order valence-corrected chi connectivity index (χ3v) is 2.50. The summed E-state index contributed by atoms with van der Waals surface area (Å²) in [6.45, 7) is 6.17. The normalized spacial score (nSPS) is 13.7. The van der Waals surface area contributed by atoms with E-state index in [4.69, 9.17) is 10.3 Å². The number of halogens is 1. The van der Waals surface area contributed by atoms with Crippen molar-refractivity contribution in [1.82, 2.24) is 5.43 Å². The number of aryl methyl sites for hydroxylation is 1. The number of nitrogens with one attached hydrogen (secondary N) is 1. The van der Waals surface area contributed by atoms with Gasteiger partial charge < -0.3 is 4.42 Å². The molecular formula is C9H15BrN2O. The lowest BCUT2D eigenvalue weighted by Crippen LogP contribution is -2.31. The van der Waals surface area contributed by atoms with E-state index in [1.165, 1.54) is 0 Å². The summed E-state index contributed by atoms with van der Waals surface area (Å²) in [5.74, 6) is 6.82. The fourth-order valence-corrected chi connectivity index (χ4v) is 1.90. The molecule has 0 amide bonds. The molecule has 1 rings (SSSR count). The van der Waals surface area contributed by atoms with Crippen LogP contribution in [0.5, 0.6) is 0 Å². The molecule has 0 radical (unpaired) electrons. The highest BCUT2D eigenvalue weighted by Crippen LogP contribution is 2.28. The van der Waals surface area contributed by atoms with Crippen LogP contribution in [0.3, 0.4) is 0 Å². The van der Waals surface area contributed by atoms with Crippen LogP contribution in [-0.4, -0.2) is 0 Å². The summed E-state index contributed by atoms with van der Waals surface area (Å²) < 4.78 is 6.12. The summed E-state index contributed by atoms with van der Waals surface area (Å²) in [7, 11) is 0. The molecule has 0 aromatic carbocycles. The molecule has 0 saturated carbocycles. The minimum atomic E-state index is 0.148. The van der Waals surface area contributed by atoms with Crippen molar-refractivity contribution >= 4 is 15.9 Å². The predicted molar refractivity (Wildman–Crippen MR) is 56.0 cm³/mol. The van der Waals surface area contributed by atoms with Crippen LogP contribution in [0.4, 0.5) is 0 Å². The molecule has 0 aliphatic rings. The van der Waals surface area contributed by atoms with E-state index in [1.807, 2.05) is 13.0 Å². The highest BCUT2D eigenvalue weighted by Gasteiger charge is 2.19. The summed E-state index contributed by atoms with van der Waals surface area (Å²) in [6, 6.07) is 2.11. The zero-order chi connectivity index (χ0) is 10.0. The zero-order valence-corrected chi connectivity index (χ0v) is 9.68. The standard InChI is InChI=1S/C9H15BrN2O/c1-5(2)9(12-11)7-4-8(10)13-6(7)3/h4-5,9,12H,11H2,1-3H3. The molecule has 1 aromatic rings. The van der Waals surface area contributed by atoms with Crippen LogP contribution in [0, 0.1) is 12.8 Å². The molecule has 1 aromatic heterocycles. The largest absolute Gasteiger partial charge is 0.454 e. The lowest BCUT2D eigenvalue weighted by atomic mass is 9.97. The van der Waals surface area contributed by atoms with E-state index in [2.05, 4.69) is 35.2 Å². The van der Waals surface area contributed by atoms with Crippen LogP contribution < -0.4 is 11.3 Å². The van der Waals surface area contributed by atoms with Crippen LogP contribution in [0.15, 0.2) is 15.2 Å². The van der Waals surface area contributed by atoms with Gasteiger partial charge in [-0.2, -0.15) is 0 Å². The Morgan fingerprint density at radius 1 is 1.54 bits per heavy atom. The summed E-state index contributed by atoms with van der Waals surface area (Å²) in [4.78, 5) is 0. The van der Waals surface area contributed by atoms with Gasteiger partial charge in [-0.15, -0.1) is 0 Å². The predicted octanol–water partition coefficient (Wildman–Crippen LogP) is 2.51. The monoisotopic (exact) mass is 246 g/mol. The van der Waals surface area contributed by atoms with Crippen LogP contribution in [0.1, 0.15) is 31.2 Å². The van der Waals surface area contributed by atoms with E-state index < -0.39 is 0 Å². The Labute approximate surface area is 86.8 Å². The van der Waals surface area contributed by atoms with E-state index in [0.29, 0.717) is 5.92 Å². The Kier molecular flexibility index (Phi) is 3.53. The maximum atomic E-state index is 5.48. The van der Waals surface area contributed by atoms with Crippen LogP contribution >= 0.6 is 15.9 Å². The molecule has 0 bridgehead atoms. The van der Waals surface area contributed by atoms with Gasteiger partial charge in [0.25, 0.3) is 0 Å². The Balaban J connectivity index is 2.97. The summed E-state index contributed by atoms with van der Waals surface area (Å²) in [6.07, 6.45) is 0.